The summed E-state index contributed by atoms with van der Waals surface area (Å²) < 4.78 is 21.4. The van der Waals surface area contributed by atoms with Crippen LogP contribution in [0.4, 0.5) is 14.9 Å². The summed E-state index contributed by atoms with van der Waals surface area (Å²) in [6.45, 7) is -0.0543. The molecular weight excluding hydrogens is 313 g/mol. The summed E-state index contributed by atoms with van der Waals surface area (Å²) in [4.78, 5) is 17.3. The van der Waals surface area contributed by atoms with E-state index in [0.717, 1.165) is 5.65 Å². The lowest BCUT2D eigenvalue weighted by atomic mass is 10.1. The van der Waals surface area contributed by atoms with Crippen molar-refractivity contribution in [2.24, 2.45) is 0 Å². The van der Waals surface area contributed by atoms with Crippen LogP contribution in [0.5, 0.6) is 0 Å². The molecule has 0 radical (unpaired) electrons. The summed E-state index contributed by atoms with van der Waals surface area (Å²) in [5, 5.41) is 9.08. The number of benzene rings is 1. The highest BCUT2D eigenvalue weighted by molar-refractivity contribution is 5.90. The van der Waals surface area contributed by atoms with Crippen molar-refractivity contribution in [3.8, 4) is 11.1 Å². The van der Waals surface area contributed by atoms with Crippen LogP contribution in [0.3, 0.4) is 0 Å². The molecule has 1 saturated heterocycles. The number of amides is 1. The zero-order valence-electron chi connectivity index (χ0n) is 12.6. The van der Waals surface area contributed by atoms with Gasteiger partial charge in [0.15, 0.2) is 0 Å². The van der Waals surface area contributed by atoms with Crippen molar-refractivity contribution < 1.29 is 19.0 Å². The van der Waals surface area contributed by atoms with Crippen LogP contribution in [0.2, 0.25) is 0 Å². The summed E-state index contributed by atoms with van der Waals surface area (Å²) in [6, 6.07) is 8.18. The Morgan fingerprint density at radius 1 is 1.29 bits per heavy atom. The van der Waals surface area contributed by atoms with Gasteiger partial charge in [-0.2, -0.15) is 0 Å². The van der Waals surface area contributed by atoms with Gasteiger partial charge in [0.2, 0.25) is 0 Å². The zero-order valence-corrected chi connectivity index (χ0v) is 12.6. The lowest BCUT2D eigenvalue weighted by Crippen LogP contribution is -2.25. The van der Waals surface area contributed by atoms with Crippen LogP contribution in [0.25, 0.3) is 16.8 Å². The first kappa shape index (κ1) is 14.6. The maximum Gasteiger partial charge on any atom is 0.414 e. The number of carbonyl (C=O) groups is 1. The Labute approximate surface area is 136 Å². The van der Waals surface area contributed by atoms with Crippen molar-refractivity contribution in [2.45, 2.75) is 6.10 Å². The van der Waals surface area contributed by atoms with E-state index in [1.807, 2.05) is 16.8 Å². The number of fused-ring (bicyclic) bond motifs is 1. The normalized spacial score (nSPS) is 17.5. The van der Waals surface area contributed by atoms with Crippen LogP contribution in [0.15, 0.2) is 48.9 Å². The molecule has 1 N–H and O–H groups in total. The number of aliphatic hydroxyl groups excluding tert-OH is 1. The van der Waals surface area contributed by atoms with Gasteiger partial charge in [-0.25, -0.2) is 14.2 Å². The molecule has 7 heteroatoms. The molecule has 122 valence electrons. The van der Waals surface area contributed by atoms with Gasteiger partial charge >= 0.3 is 6.09 Å². The molecule has 1 aromatic carbocycles. The molecule has 1 atom stereocenters. The molecular formula is C17H14FN3O3. The second-order valence-electron chi connectivity index (χ2n) is 5.57. The van der Waals surface area contributed by atoms with E-state index in [2.05, 4.69) is 4.98 Å². The topological polar surface area (TPSA) is 67.1 Å². The molecule has 0 unspecified atom stereocenters. The van der Waals surface area contributed by atoms with E-state index in [4.69, 9.17) is 9.84 Å². The third kappa shape index (κ3) is 2.39. The van der Waals surface area contributed by atoms with E-state index in [0.29, 0.717) is 16.8 Å². The number of hydrogen-bond acceptors (Lipinski definition) is 4. The number of nitrogens with zero attached hydrogens (tertiary/aromatic N) is 3. The maximum absolute atomic E-state index is 14.6. The molecule has 1 amide bonds. The van der Waals surface area contributed by atoms with E-state index in [9.17, 15) is 9.18 Å². The number of cyclic esters (lactones) is 1. The van der Waals surface area contributed by atoms with Gasteiger partial charge in [-0.05, 0) is 35.9 Å². The van der Waals surface area contributed by atoms with Gasteiger partial charge in [-0.3, -0.25) is 4.90 Å². The lowest BCUT2D eigenvalue weighted by Gasteiger charge is -2.14. The minimum absolute atomic E-state index is 0.203. The highest BCUT2D eigenvalue weighted by atomic mass is 19.1. The van der Waals surface area contributed by atoms with Crippen LogP contribution in [-0.2, 0) is 4.74 Å². The quantitative estimate of drug-likeness (QED) is 0.802. The fourth-order valence-electron chi connectivity index (χ4n) is 2.81. The number of ether oxygens (including phenoxy) is 1. The highest BCUT2D eigenvalue weighted by Gasteiger charge is 2.32. The van der Waals surface area contributed by atoms with Crippen molar-refractivity contribution in [2.75, 3.05) is 18.1 Å². The Kier molecular flexibility index (Phi) is 3.42. The third-order valence-electron chi connectivity index (χ3n) is 4.05. The molecule has 6 nitrogen and oxygen atoms in total. The summed E-state index contributed by atoms with van der Waals surface area (Å²) in [5.74, 6) is -0.441. The van der Waals surface area contributed by atoms with E-state index < -0.39 is 18.0 Å². The van der Waals surface area contributed by atoms with Gasteiger partial charge in [-0.15, -0.1) is 0 Å². The van der Waals surface area contributed by atoms with Crippen LogP contribution in [-0.4, -0.2) is 39.8 Å². The smallest absolute Gasteiger partial charge is 0.414 e. The summed E-state index contributed by atoms with van der Waals surface area (Å²) in [5.41, 5.74) is 2.26. The van der Waals surface area contributed by atoms with Crippen LogP contribution < -0.4 is 4.90 Å². The number of aliphatic hydroxyl groups is 1. The predicted molar refractivity (Wildman–Crippen MR) is 85.3 cm³/mol. The van der Waals surface area contributed by atoms with Crippen LogP contribution in [0.1, 0.15) is 0 Å². The number of halogens is 1. The van der Waals surface area contributed by atoms with Gasteiger partial charge in [0.05, 0.1) is 18.8 Å². The molecule has 24 heavy (non-hydrogen) atoms. The third-order valence-corrected chi connectivity index (χ3v) is 4.05. The fraction of sp³-hybridized carbons (Fsp3) is 0.176. The van der Waals surface area contributed by atoms with E-state index in [1.165, 1.54) is 11.0 Å². The van der Waals surface area contributed by atoms with Gasteiger partial charge < -0.3 is 14.2 Å². The number of hydrogen-bond donors (Lipinski definition) is 1. The fourth-order valence-corrected chi connectivity index (χ4v) is 2.81. The first-order valence-electron chi connectivity index (χ1n) is 7.47. The molecule has 4 rings (SSSR count). The van der Waals surface area contributed by atoms with Gasteiger partial charge in [0, 0.05) is 24.2 Å². The van der Waals surface area contributed by atoms with Crippen molar-refractivity contribution >= 4 is 17.4 Å². The number of imidazole rings is 1. The standard InChI is InChI=1S/C17H14FN3O3/c18-15-8-12(21-9-13(10-22)24-17(21)23)1-2-14(15)11-3-5-20-6-4-19-16(20)7-11/h1-8,13,22H,9-10H2/t13-/m1/s1. The molecule has 1 aliphatic rings. The van der Waals surface area contributed by atoms with Crippen molar-refractivity contribution in [3.05, 3.63) is 54.7 Å². The number of rotatable bonds is 3. The zero-order chi connectivity index (χ0) is 16.7. The van der Waals surface area contributed by atoms with E-state index in [1.54, 1.807) is 30.5 Å². The van der Waals surface area contributed by atoms with Crippen molar-refractivity contribution in [3.63, 3.8) is 0 Å². The number of pyridine rings is 1. The maximum atomic E-state index is 14.6. The Bertz CT molecular complexity index is 924. The number of anilines is 1. The second kappa shape index (κ2) is 5.61. The lowest BCUT2D eigenvalue weighted by molar-refractivity contribution is 0.0963. The van der Waals surface area contributed by atoms with Gasteiger partial charge in [0.25, 0.3) is 0 Å². The SMILES string of the molecule is O=C1O[C@@H](CO)CN1c1ccc(-c2ccn3ccnc3c2)c(F)c1. The molecule has 3 heterocycles. The predicted octanol–water partition coefficient (Wildman–Crippen LogP) is 2.46. The number of aromatic nitrogens is 2. The Hall–Kier alpha value is -2.93. The van der Waals surface area contributed by atoms with E-state index >= 15 is 0 Å². The van der Waals surface area contributed by atoms with Crippen molar-refractivity contribution in [1.29, 1.82) is 0 Å². The van der Waals surface area contributed by atoms with Crippen molar-refractivity contribution in [1.82, 2.24) is 9.38 Å². The first-order valence-corrected chi connectivity index (χ1v) is 7.47. The highest BCUT2D eigenvalue weighted by Crippen LogP contribution is 2.29. The minimum atomic E-state index is -0.583. The van der Waals surface area contributed by atoms with Gasteiger partial charge in [0.1, 0.15) is 17.6 Å². The summed E-state index contributed by atoms with van der Waals surface area (Å²) in [7, 11) is 0. The molecule has 0 bridgehead atoms. The van der Waals surface area contributed by atoms with Crippen LogP contribution in [0, 0.1) is 5.82 Å². The Morgan fingerprint density at radius 2 is 2.17 bits per heavy atom. The van der Waals surface area contributed by atoms with Crippen LogP contribution >= 0.6 is 0 Å². The average Bonchev–Trinajstić information content (AvgIpc) is 3.20. The molecule has 0 aliphatic carbocycles. The minimum Gasteiger partial charge on any atom is -0.441 e. The Morgan fingerprint density at radius 3 is 2.92 bits per heavy atom. The van der Waals surface area contributed by atoms with E-state index in [-0.39, 0.29) is 13.2 Å². The monoisotopic (exact) mass is 327 g/mol. The van der Waals surface area contributed by atoms with Gasteiger partial charge in [-0.1, -0.05) is 0 Å². The number of carbonyl (C=O) groups excluding carboxylic acids is 1. The molecule has 0 spiro atoms. The molecule has 1 fully saturated rings. The molecule has 0 saturated carbocycles. The average molecular weight is 327 g/mol. The largest absolute Gasteiger partial charge is 0.441 e. The molecule has 3 aromatic rings. The summed E-state index contributed by atoms with van der Waals surface area (Å²) >= 11 is 0. The summed E-state index contributed by atoms with van der Waals surface area (Å²) in [6.07, 6.45) is 4.14. The second-order valence-corrected chi connectivity index (χ2v) is 5.57. The Balaban J connectivity index is 1.68. The molecule has 1 aliphatic heterocycles. The molecule has 2 aromatic heterocycles. The first-order chi connectivity index (χ1) is 11.7.